The van der Waals surface area contributed by atoms with Gasteiger partial charge in [0, 0.05) is 23.8 Å². The number of fused-ring (bicyclic) bond motifs is 2. The smallest absolute Gasteiger partial charge is 0.139 e. The first kappa shape index (κ1) is 14.3. The molecule has 1 N–H and O–H groups in total. The van der Waals surface area contributed by atoms with E-state index >= 15 is 0 Å². The molecular weight excluding hydrogens is 319 g/mol. The van der Waals surface area contributed by atoms with Crippen molar-refractivity contribution in [1.82, 2.24) is 5.32 Å². The van der Waals surface area contributed by atoms with Crippen molar-refractivity contribution in [3.8, 4) is 0 Å². The van der Waals surface area contributed by atoms with E-state index in [2.05, 4.69) is 40.0 Å². The Hall–Kier alpha value is -0.610. The van der Waals surface area contributed by atoms with Crippen molar-refractivity contribution in [2.75, 3.05) is 11.4 Å². The molecule has 0 aliphatic carbocycles. The van der Waals surface area contributed by atoms with E-state index in [-0.39, 0.29) is 5.82 Å². The van der Waals surface area contributed by atoms with Gasteiger partial charge in [-0.2, -0.15) is 0 Å². The standard InChI is InChI=1S/C16H22BrFN2/c1-3-19-11-7-12-4-5-13(8-11)20(12)16-9-15(18)14(17)6-10(16)2/h6,9,11-13,19H,3-5,7-8H2,1-2H3. The van der Waals surface area contributed by atoms with Gasteiger partial charge in [0.15, 0.2) is 0 Å². The molecule has 0 amide bonds. The molecule has 2 saturated heterocycles. The molecule has 2 aliphatic heterocycles. The minimum Gasteiger partial charge on any atom is -0.365 e. The number of halogens is 2. The zero-order valence-electron chi connectivity index (χ0n) is 12.1. The quantitative estimate of drug-likeness (QED) is 0.894. The third kappa shape index (κ3) is 2.48. The average Bonchev–Trinajstić information content (AvgIpc) is 2.66. The molecule has 2 nitrogen and oxygen atoms in total. The number of benzene rings is 1. The second-order valence-corrected chi connectivity index (χ2v) is 6.93. The second kappa shape index (κ2) is 5.64. The summed E-state index contributed by atoms with van der Waals surface area (Å²) in [4.78, 5) is 2.48. The van der Waals surface area contributed by atoms with E-state index in [9.17, 15) is 4.39 Å². The van der Waals surface area contributed by atoms with Gasteiger partial charge in [0.1, 0.15) is 5.82 Å². The van der Waals surface area contributed by atoms with E-state index in [1.165, 1.54) is 25.7 Å². The Morgan fingerprint density at radius 2 is 1.95 bits per heavy atom. The Balaban J connectivity index is 1.87. The Kier molecular flexibility index (Phi) is 4.04. The van der Waals surface area contributed by atoms with Gasteiger partial charge in [0.2, 0.25) is 0 Å². The molecule has 2 fully saturated rings. The highest BCUT2D eigenvalue weighted by molar-refractivity contribution is 9.10. The van der Waals surface area contributed by atoms with Crippen LogP contribution in [0.3, 0.4) is 0 Å². The zero-order chi connectivity index (χ0) is 14.3. The minimum absolute atomic E-state index is 0.154. The maximum Gasteiger partial charge on any atom is 0.139 e. The van der Waals surface area contributed by atoms with Gasteiger partial charge in [-0.25, -0.2) is 4.39 Å². The Bertz CT molecular complexity index is 491. The molecule has 20 heavy (non-hydrogen) atoms. The molecular formula is C16H22BrFN2. The molecule has 0 saturated carbocycles. The molecule has 2 heterocycles. The van der Waals surface area contributed by atoms with Crippen LogP contribution in [0.1, 0.15) is 38.2 Å². The Morgan fingerprint density at radius 1 is 1.30 bits per heavy atom. The summed E-state index contributed by atoms with van der Waals surface area (Å²) in [5, 5.41) is 3.58. The number of piperidine rings is 1. The second-order valence-electron chi connectivity index (χ2n) is 6.07. The van der Waals surface area contributed by atoms with E-state index in [0.29, 0.717) is 22.6 Å². The van der Waals surface area contributed by atoms with Crippen LogP contribution in [-0.4, -0.2) is 24.7 Å². The van der Waals surface area contributed by atoms with E-state index in [1.807, 2.05) is 6.07 Å². The van der Waals surface area contributed by atoms with Gasteiger partial charge in [-0.15, -0.1) is 0 Å². The average molecular weight is 341 g/mol. The molecule has 2 atom stereocenters. The fraction of sp³-hybridized carbons (Fsp3) is 0.625. The first-order valence-corrected chi connectivity index (χ1v) is 8.36. The van der Waals surface area contributed by atoms with Crippen molar-refractivity contribution in [3.63, 3.8) is 0 Å². The van der Waals surface area contributed by atoms with Crippen LogP contribution in [0, 0.1) is 12.7 Å². The number of rotatable bonds is 3. The molecule has 2 unspecified atom stereocenters. The molecule has 1 aromatic carbocycles. The fourth-order valence-electron chi connectivity index (χ4n) is 3.94. The summed E-state index contributed by atoms with van der Waals surface area (Å²) in [6.45, 7) is 5.29. The lowest BCUT2D eigenvalue weighted by Crippen LogP contribution is -2.49. The van der Waals surface area contributed by atoms with E-state index < -0.39 is 0 Å². The predicted molar refractivity (Wildman–Crippen MR) is 84.8 cm³/mol. The van der Waals surface area contributed by atoms with Crippen LogP contribution in [0.25, 0.3) is 0 Å². The van der Waals surface area contributed by atoms with Gasteiger partial charge in [0.05, 0.1) is 4.47 Å². The predicted octanol–water partition coefficient (Wildman–Crippen LogP) is 4.01. The largest absolute Gasteiger partial charge is 0.365 e. The zero-order valence-corrected chi connectivity index (χ0v) is 13.7. The summed E-state index contributed by atoms with van der Waals surface area (Å²) in [6, 6.07) is 5.38. The van der Waals surface area contributed by atoms with Crippen molar-refractivity contribution in [2.45, 2.75) is 57.7 Å². The monoisotopic (exact) mass is 340 g/mol. The number of nitrogens with one attached hydrogen (secondary N) is 1. The maximum atomic E-state index is 13.9. The molecule has 0 aromatic heterocycles. The van der Waals surface area contributed by atoms with Crippen LogP contribution in [-0.2, 0) is 0 Å². The highest BCUT2D eigenvalue weighted by Crippen LogP contribution is 2.41. The lowest BCUT2D eigenvalue weighted by Gasteiger charge is -2.41. The lowest BCUT2D eigenvalue weighted by molar-refractivity contribution is 0.361. The van der Waals surface area contributed by atoms with Gasteiger partial charge < -0.3 is 10.2 Å². The molecule has 3 rings (SSSR count). The van der Waals surface area contributed by atoms with Crippen LogP contribution < -0.4 is 10.2 Å². The van der Waals surface area contributed by atoms with Crippen molar-refractivity contribution in [2.24, 2.45) is 0 Å². The molecule has 2 bridgehead atoms. The van der Waals surface area contributed by atoms with Crippen LogP contribution in [0.15, 0.2) is 16.6 Å². The maximum absolute atomic E-state index is 13.9. The number of hydrogen-bond donors (Lipinski definition) is 1. The van der Waals surface area contributed by atoms with E-state index in [1.54, 1.807) is 6.07 Å². The molecule has 4 heteroatoms. The molecule has 0 radical (unpaired) electrons. The normalized spacial score (nSPS) is 29.0. The van der Waals surface area contributed by atoms with Crippen molar-refractivity contribution < 1.29 is 4.39 Å². The van der Waals surface area contributed by atoms with Gasteiger partial charge in [-0.1, -0.05) is 6.92 Å². The summed E-state index contributed by atoms with van der Waals surface area (Å²) in [7, 11) is 0. The molecule has 2 aliphatic rings. The number of aryl methyl sites for hydroxylation is 1. The highest BCUT2D eigenvalue weighted by atomic mass is 79.9. The first-order chi connectivity index (χ1) is 9.60. The third-order valence-corrected chi connectivity index (χ3v) is 5.35. The number of hydrogen-bond acceptors (Lipinski definition) is 2. The summed E-state index contributed by atoms with van der Waals surface area (Å²) < 4.78 is 14.5. The van der Waals surface area contributed by atoms with Crippen molar-refractivity contribution in [1.29, 1.82) is 0 Å². The third-order valence-electron chi connectivity index (χ3n) is 4.74. The van der Waals surface area contributed by atoms with Crippen LogP contribution >= 0.6 is 15.9 Å². The van der Waals surface area contributed by atoms with Gasteiger partial charge in [-0.3, -0.25) is 0 Å². The van der Waals surface area contributed by atoms with Crippen molar-refractivity contribution >= 4 is 21.6 Å². The summed E-state index contributed by atoms with van der Waals surface area (Å²) in [5.74, 6) is -0.154. The summed E-state index contributed by atoms with van der Waals surface area (Å²) in [5.41, 5.74) is 2.25. The molecule has 110 valence electrons. The Labute approximate surface area is 128 Å². The van der Waals surface area contributed by atoms with Gasteiger partial charge in [0.25, 0.3) is 0 Å². The van der Waals surface area contributed by atoms with Crippen LogP contribution in [0.2, 0.25) is 0 Å². The van der Waals surface area contributed by atoms with Gasteiger partial charge >= 0.3 is 0 Å². The fourth-order valence-corrected chi connectivity index (χ4v) is 4.40. The topological polar surface area (TPSA) is 15.3 Å². The SMILES string of the molecule is CCNC1CC2CCC(C1)N2c1cc(F)c(Br)cc1C. The van der Waals surface area contributed by atoms with E-state index in [4.69, 9.17) is 0 Å². The first-order valence-electron chi connectivity index (χ1n) is 7.57. The lowest BCUT2D eigenvalue weighted by atomic mass is 9.95. The van der Waals surface area contributed by atoms with Crippen molar-refractivity contribution in [3.05, 3.63) is 28.0 Å². The number of anilines is 1. The van der Waals surface area contributed by atoms with Crippen LogP contribution in [0.5, 0.6) is 0 Å². The summed E-state index contributed by atoms with van der Waals surface area (Å²) in [6.07, 6.45) is 4.84. The number of nitrogens with zero attached hydrogens (tertiary/aromatic N) is 1. The molecule has 0 spiro atoms. The van der Waals surface area contributed by atoms with E-state index in [0.717, 1.165) is 17.8 Å². The van der Waals surface area contributed by atoms with Gasteiger partial charge in [-0.05, 0) is 72.8 Å². The Morgan fingerprint density at radius 3 is 2.55 bits per heavy atom. The van der Waals surface area contributed by atoms with Crippen LogP contribution in [0.4, 0.5) is 10.1 Å². The summed E-state index contributed by atoms with van der Waals surface area (Å²) >= 11 is 3.28. The molecule has 1 aromatic rings. The minimum atomic E-state index is -0.154. The highest BCUT2D eigenvalue weighted by Gasteiger charge is 2.41.